The molecule has 28 heavy (non-hydrogen) atoms. The fraction of sp³-hybridized carbons (Fsp3) is 0.368. The number of aromatic nitrogens is 3. The Kier molecular flexibility index (Phi) is 7.26. The zero-order chi connectivity index (χ0) is 21.0. The largest absolute Gasteiger partial charge is 0.353 e. The van der Waals surface area contributed by atoms with Crippen molar-refractivity contribution in [2.24, 2.45) is 7.05 Å². The summed E-state index contributed by atoms with van der Waals surface area (Å²) in [4.78, 5) is 16.6. The summed E-state index contributed by atoms with van der Waals surface area (Å²) in [6, 6.07) is 7.50. The minimum Gasteiger partial charge on any atom is -0.353 e. The van der Waals surface area contributed by atoms with E-state index in [1.54, 1.807) is 30.7 Å². The number of halogens is 1. The minimum atomic E-state index is -1.19. The molecule has 152 valence electrons. The Morgan fingerprint density at radius 2 is 1.96 bits per heavy atom. The molecule has 0 fully saturated rings. The number of aryl methyl sites for hydroxylation is 2. The van der Waals surface area contributed by atoms with E-state index in [0.29, 0.717) is 16.7 Å². The van der Waals surface area contributed by atoms with Crippen LogP contribution in [0.1, 0.15) is 26.3 Å². The number of H-pyrrole nitrogens is 1. The van der Waals surface area contributed by atoms with E-state index in [2.05, 4.69) is 22.3 Å². The first kappa shape index (κ1) is 22.0. The third kappa shape index (κ3) is 4.39. The molecule has 0 saturated carbocycles. The molecule has 0 bridgehead atoms. The lowest BCUT2D eigenvalue weighted by molar-refractivity contribution is 0.685. The van der Waals surface area contributed by atoms with Crippen molar-refractivity contribution in [2.45, 2.75) is 27.2 Å². The van der Waals surface area contributed by atoms with Crippen LogP contribution in [0.5, 0.6) is 0 Å². The third-order valence-electron chi connectivity index (χ3n) is 4.24. The molecule has 3 rings (SSSR count). The maximum absolute atomic E-state index is 12.4. The van der Waals surface area contributed by atoms with Gasteiger partial charge in [-0.1, -0.05) is 38.4 Å². The molecule has 0 amide bonds. The fourth-order valence-corrected chi connectivity index (χ4v) is 3.36. The van der Waals surface area contributed by atoms with Crippen LogP contribution in [0.4, 0.5) is 17.1 Å². The number of nitrogens with one attached hydrogen (secondary N) is 2. The summed E-state index contributed by atoms with van der Waals surface area (Å²) in [5.41, 5.74) is 3.38. The number of hydrogen-bond donors (Lipinski definition) is 2. The van der Waals surface area contributed by atoms with Crippen molar-refractivity contribution in [1.29, 1.82) is 0 Å². The molecule has 3 aromatic rings. The molecule has 0 aliphatic carbocycles. The average Bonchev–Trinajstić information content (AvgIpc) is 2.96. The van der Waals surface area contributed by atoms with Gasteiger partial charge in [-0.25, -0.2) is 9.19 Å². The molecule has 0 radical (unpaired) electrons. The van der Waals surface area contributed by atoms with E-state index in [4.69, 9.17) is 11.6 Å². The zero-order valence-corrected chi connectivity index (χ0v) is 18.5. The molecule has 0 spiro atoms. The van der Waals surface area contributed by atoms with E-state index in [1.807, 2.05) is 32.0 Å². The first-order valence-corrected chi connectivity index (χ1v) is 10.9. The van der Waals surface area contributed by atoms with Gasteiger partial charge in [0.2, 0.25) is 0 Å². The standard InChI is InChI=1S/C17H20ClN5O2S.C2H6/c1-5-10-6-7-11(13(8-10)23(3)26(4)25)19-12-9-14(18)20-16-15(12)17(24)22(2)21-16;1-2/h6-9H,5H2,1-4H3,(H2,19,20,21);1-2H3. The number of hydrogen-bond acceptors (Lipinski definition) is 4. The highest BCUT2D eigenvalue weighted by atomic mass is 35.5. The van der Waals surface area contributed by atoms with E-state index in [9.17, 15) is 9.00 Å². The molecule has 1 atom stereocenters. The Morgan fingerprint density at radius 1 is 1.29 bits per heavy atom. The van der Waals surface area contributed by atoms with Crippen LogP contribution < -0.4 is 15.2 Å². The monoisotopic (exact) mass is 423 g/mol. The van der Waals surface area contributed by atoms with Crippen LogP contribution in [0.15, 0.2) is 29.1 Å². The zero-order valence-electron chi connectivity index (χ0n) is 17.0. The summed E-state index contributed by atoms with van der Waals surface area (Å²) in [5.74, 6) is 0. The van der Waals surface area contributed by atoms with Gasteiger partial charge in [0.05, 0.1) is 17.1 Å². The highest BCUT2D eigenvalue weighted by Crippen LogP contribution is 2.32. The predicted octanol–water partition coefficient (Wildman–Crippen LogP) is 3.98. The third-order valence-corrected chi connectivity index (χ3v) is 5.41. The van der Waals surface area contributed by atoms with Crippen molar-refractivity contribution in [3.8, 4) is 0 Å². The molecule has 0 aliphatic rings. The second-order valence-electron chi connectivity index (χ2n) is 5.94. The molecule has 2 N–H and O–H groups in total. The SMILES string of the molecule is CC.CCc1ccc(Nc2cc(Cl)nc3[nH]n(C)c(=O)c23)c(N(C)S(C)=O)c1. The minimum absolute atomic E-state index is 0.203. The normalized spacial score (nSPS) is 11.7. The van der Waals surface area contributed by atoms with Gasteiger partial charge in [-0.05, 0) is 30.2 Å². The summed E-state index contributed by atoms with van der Waals surface area (Å²) in [6.45, 7) is 6.06. The smallest absolute Gasteiger partial charge is 0.277 e. The number of benzene rings is 1. The molecule has 0 aliphatic heterocycles. The summed E-state index contributed by atoms with van der Waals surface area (Å²) >= 11 is 6.11. The topological polar surface area (TPSA) is 83.0 Å². The van der Waals surface area contributed by atoms with E-state index in [-0.39, 0.29) is 10.7 Å². The lowest BCUT2D eigenvalue weighted by Gasteiger charge is -2.21. The van der Waals surface area contributed by atoms with Crippen molar-refractivity contribution >= 4 is 50.7 Å². The van der Waals surface area contributed by atoms with Gasteiger partial charge in [0.25, 0.3) is 5.56 Å². The number of rotatable bonds is 5. The summed E-state index contributed by atoms with van der Waals surface area (Å²) in [6.07, 6.45) is 2.48. The van der Waals surface area contributed by atoms with E-state index >= 15 is 0 Å². The van der Waals surface area contributed by atoms with Crippen molar-refractivity contribution < 1.29 is 4.21 Å². The van der Waals surface area contributed by atoms with Crippen molar-refractivity contribution in [2.75, 3.05) is 22.9 Å². The number of pyridine rings is 1. The Balaban J connectivity index is 0.00000136. The second kappa shape index (κ2) is 9.25. The fourth-order valence-electron chi connectivity index (χ4n) is 2.73. The van der Waals surface area contributed by atoms with E-state index in [0.717, 1.165) is 23.4 Å². The van der Waals surface area contributed by atoms with Gasteiger partial charge in [0.15, 0.2) is 5.65 Å². The highest BCUT2D eigenvalue weighted by molar-refractivity contribution is 7.85. The molecule has 2 heterocycles. The summed E-state index contributed by atoms with van der Waals surface area (Å²) < 4.78 is 15.0. The summed E-state index contributed by atoms with van der Waals surface area (Å²) in [5, 5.41) is 6.82. The lowest BCUT2D eigenvalue weighted by Crippen LogP contribution is -2.20. The highest BCUT2D eigenvalue weighted by Gasteiger charge is 2.16. The van der Waals surface area contributed by atoms with Crippen molar-refractivity contribution in [3.63, 3.8) is 0 Å². The van der Waals surface area contributed by atoms with Gasteiger partial charge in [-0.3, -0.25) is 18.9 Å². The van der Waals surface area contributed by atoms with Gasteiger partial charge in [-0.2, -0.15) is 0 Å². The Labute approximate surface area is 172 Å². The van der Waals surface area contributed by atoms with Gasteiger partial charge >= 0.3 is 0 Å². The average molecular weight is 424 g/mol. The van der Waals surface area contributed by atoms with Crippen LogP contribution in [0.2, 0.25) is 5.15 Å². The van der Waals surface area contributed by atoms with Crippen LogP contribution in [0.25, 0.3) is 11.0 Å². The van der Waals surface area contributed by atoms with Crippen LogP contribution in [0, 0.1) is 0 Å². The number of anilines is 3. The number of aromatic amines is 1. The molecule has 0 saturated heterocycles. The summed E-state index contributed by atoms with van der Waals surface area (Å²) in [7, 11) is 2.20. The van der Waals surface area contributed by atoms with Crippen molar-refractivity contribution in [3.05, 3.63) is 45.3 Å². The van der Waals surface area contributed by atoms with Gasteiger partial charge < -0.3 is 5.32 Å². The molecule has 9 heteroatoms. The van der Waals surface area contributed by atoms with Crippen LogP contribution in [-0.2, 0) is 24.5 Å². The second-order valence-corrected chi connectivity index (χ2v) is 7.73. The van der Waals surface area contributed by atoms with Gasteiger partial charge in [0.1, 0.15) is 21.5 Å². The van der Waals surface area contributed by atoms with Crippen LogP contribution in [0.3, 0.4) is 0 Å². The van der Waals surface area contributed by atoms with Gasteiger partial charge in [-0.15, -0.1) is 0 Å². The molecular weight excluding hydrogens is 398 g/mol. The maximum atomic E-state index is 12.4. The Hall–Kier alpha value is -2.32. The first-order valence-electron chi connectivity index (χ1n) is 9.04. The molecule has 1 aromatic carbocycles. The molecule has 7 nitrogen and oxygen atoms in total. The van der Waals surface area contributed by atoms with Gasteiger partial charge in [0, 0.05) is 20.4 Å². The van der Waals surface area contributed by atoms with E-state index in [1.165, 1.54) is 4.68 Å². The lowest BCUT2D eigenvalue weighted by atomic mass is 10.1. The van der Waals surface area contributed by atoms with E-state index < -0.39 is 11.0 Å². The van der Waals surface area contributed by atoms with Crippen molar-refractivity contribution in [1.82, 2.24) is 14.8 Å². The van der Waals surface area contributed by atoms with Crippen LogP contribution >= 0.6 is 11.6 Å². The molecule has 2 aromatic heterocycles. The maximum Gasteiger partial charge on any atom is 0.277 e. The van der Waals surface area contributed by atoms with Crippen LogP contribution in [-0.4, -0.2) is 32.3 Å². The Morgan fingerprint density at radius 3 is 2.57 bits per heavy atom. The number of nitrogens with zero attached hydrogens (tertiary/aromatic N) is 3. The molecule has 1 unspecified atom stereocenters. The number of fused-ring (bicyclic) bond motifs is 1. The first-order chi connectivity index (χ1) is 13.3. The quantitative estimate of drug-likeness (QED) is 0.608. The Bertz CT molecular complexity index is 1060. The predicted molar refractivity (Wildman–Crippen MR) is 119 cm³/mol. The molecular formula is C19H26ClN5O2S.